The van der Waals surface area contributed by atoms with Gasteiger partial charge in [0.25, 0.3) is 11.5 Å². The van der Waals surface area contributed by atoms with Crippen molar-refractivity contribution in [2.45, 2.75) is 25.7 Å². The van der Waals surface area contributed by atoms with E-state index >= 15 is 4.39 Å². The molecule has 6 aromatic rings. The van der Waals surface area contributed by atoms with E-state index in [1.807, 2.05) is 0 Å². The van der Waals surface area contributed by atoms with Crippen molar-refractivity contribution in [3.63, 3.8) is 0 Å². The number of fused-ring (bicyclic) bond motifs is 2. The number of ether oxygens (including phenoxy) is 3. The number of nitrogens with zero attached hydrogens (tertiary/aromatic N) is 4. The van der Waals surface area contributed by atoms with Crippen LogP contribution in [-0.4, -0.2) is 58.7 Å². The minimum Gasteiger partial charge on any atom is -0.493 e. The van der Waals surface area contributed by atoms with Crippen LogP contribution in [0, 0.1) is 5.82 Å². The number of para-hydroxylation sites is 2. The second kappa shape index (κ2) is 15.3. The maximum Gasteiger partial charge on any atom is 0.287 e. The Morgan fingerprint density at radius 2 is 1.71 bits per heavy atom. The predicted molar refractivity (Wildman–Crippen MR) is 198 cm³/mol. The zero-order valence-electron chi connectivity index (χ0n) is 27.9. The van der Waals surface area contributed by atoms with Crippen LogP contribution >= 0.6 is 15.9 Å². The van der Waals surface area contributed by atoms with Crippen molar-refractivity contribution in [3.8, 4) is 28.7 Å². The first-order valence-corrected chi connectivity index (χ1v) is 17.6. The van der Waals surface area contributed by atoms with Crippen LogP contribution in [0.5, 0.6) is 23.0 Å². The number of benzene rings is 4. The SMILES string of the molecule is COc1cc2c(Oc3ccc(NC(=O)c4nc5ccccc5n(-c5ccc(Br)cc5)c4=O)cc3F)ccnc2cc1OCCCN1CCCCC1. The van der Waals surface area contributed by atoms with E-state index in [1.54, 1.807) is 80.0 Å². The first-order chi connectivity index (χ1) is 24.9. The fourth-order valence-corrected chi connectivity index (χ4v) is 6.50. The number of pyridine rings is 1. The third-order valence-corrected chi connectivity index (χ3v) is 9.31. The number of nitrogens with one attached hydrogen (secondary N) is 1. The Morgan fingerprint density at radius 1 is 0.902 bits per heavy atom. The molecule has 1 aliphatic heterocycles. The maximum absolute atomic E-state index is 15.5. The van der Waals surface area contributed by atoms with Gasteiger partial charge in [0, 0.05) is 46.1 Å². The topological polar surface area (TPSA) is 108 Å². The Bertz CT molecular complexity index is 2270. The molecule has 1 fully saturated rings. The van der Waals surface area contributed by atoms with Crippen molar-refractivity contribution in [1.82, 2.24) is 19.4 Å². The van der Waals surface area contributed by atoms with Crippen LogP contribution in [0.3, 0.4) is 0 Å². The van der Waals surface area contributed by atoms with Gasteiger partial charge in [-0.15, -0.1) is 0 Å². The van der Waals surface area contributed by atoms with E-state index in [0.717, 1.165) is 36.6 Å². The molecule has 4 aromatic carbocycles. The molecule has 0 atom stereocenters. The zero-order valence-corrected chi connectivity index (χ0v) is 29.5. The summed E-state index contributed by atoms with van der Waals surface area (Å²) in [5.41, 5.74) is 1.34. The lowest BCUT2D eigenvalue weighted by molar-refractivity contribution is 0.102. The number of hydrogen-bond donors (Lipinski definition) is 1. The van der Waals surface area contributed by atoms with Gasteiger partial charge in [-0.25, -0.2) is 9.37 Å². The molecule has 0 saturated carbocycles. The Morgan fingerprint density at radius 3 is 2.49 bits per heavy atom. The average Bonchev–Trinajstić information content (AvgIpc) is 3.15. The van der Waals surface area contributed by atoms with Crippen molar-refractivity contribution in [3.05, 3.63) is 117 Å². The highest BCUT2D eigenvalue weighted by atomic mass is 79.9. The monoisotopic (exact) mass is 751 g/mol. The minimum atomic E-state index is -0.776. The highest BCUT2D eigenvalue weighted by Gasteiger charge is 2.20. The summed E-state index contributed by atoms with van der Waals surface area (Å²) in [6.07, 6.45) is 6.29. The number of anilines is 1. The fourth-order valence-electron chi connectivity index (χ4n) is 6.24. The van der Waals surface area contributed by atoms with Crippen molar-refractivity contribution in [2.75, 3.05) is 38.7 Å². The van der Waals surface area contributed by atoms with Gasteiger partial charge in [0.05, 0.1) is 30.3 Å². The van der Waals surface area contributed by atoms with Gasteiger partial charge in [-0.05, 0) is 93.0 Å². The van der Waals surface area contributed by atoms with Gasteiger partial charge in [-0.3, -0.25) is 19.1 Å². The third kappa shape index (κ3) is 7.57. The molecule has 0 spiro atoms. The van der Waals surface area contributed by atoms with Gasteiger partial charge in [-0.1, -0.05) is 34.5 Å². The molecule has 1 N–H and O–H groups in total. The molecule has 0 radical (unpaired) electrons. The highest BCUT2D eigenvalue weighted by Crippen LogP contribution is 2.38. The molecule has 0 bridgehead atoms. The molecule has 10 nitrogen and oxygen atoms in total. The second-order valence-corrected chi connectivity index (χ2v) is 13.1. The van der Waals surface area contributed by atoms with Gasteiger partial charge in [0.1, 0.15) is 5.75 Å². The Labute approximate surface area is 301 Å². The molecule has 0 unspecified atom stereocenters. The van der Waals surface area contributed by atoms with E-state index in [4.69, 9.17) is 14.2 Å². The normalized spacial score (nSPS) is 13.3. The second-order valence-electron chi connectivity index (χ2n) is 12.2. The smallest absolute Gasteiger partial charge is 0.287 e. The van der Waals surface area contributed by atoms with Crippen LogP contribution in [0.2, 0.25) is 0 Å². The molecule has 51 heavy (non-hydrogen) atoms. The number of halogens is 2. The molecular formula is C39H35BrFN5O5. The van der Waals surface area contributed by atoms with Gasteiger partial charge in [0.15, 0.2) is 28.8 Å². The fraction of sp³-hybridized carbons (Fsp3) is 0.231. The maximum atomic E-state index is 15.5. The number of aromatic nitrogens is 3. The number of methoxy groups -OCH3 is 1. The number of rotatable bonds is 11. The molecule has 12 heteroatoms. The quantitative estimate of drug-likeness (QED) is 0.132. The largest absolute Gasteiger partial charge is 0.493 e. The summed E-state index contributed by atoms with van der Waals surface area (Å²) >= 11 is 3.41. The van der Waals surface area contributed by atoms with Gasteiger partial charge in [0.2, 0.25) is 0 Å². The molecule has 3 heterocycles. The predicted octanol–water partition coefficient (Wildman–Crippen LogP) is 8.14. The van der Waals surface area contributed by atoms with E-state index in [-0.39, 0.29) is 17.1 Å². The lowest BCUT2D eigenvalue weighted by Gasteiger charge is -2.26. The molecule has 0 aliphatic carbocycles. The van der Waals surface area contributed by atoms with Crippen molar-refractivity contribution in [2.24, 2.45) is 0 Å². The van der Waals surface area contributed by atoms with Crippen molar-refractivity contribution >= 4 is 49.5 Å². The molecule has 7 rings (SSSR count). The van der Waals surface area contributed by atoms with E-state index in [0.29, 0.717) is 51.5 Å². The first-order valence-electron chi connectivity index (χ1n) is 16.8. The molecular weight excluding hydrogens is 717 g/mol. The van der Waals surface area contributed by atoms with Crippen LogP contribution in [0.15, 0.2) is 100 Å². The summed E-state index contributed by atoms with van der Waals surface area (Å²) < 4.78 is 35.5. The molecule has 260 valence electrons. The van der Waals surface area contributed by atoms with Crippen molar-refractivity contribution in [1.29, 1.82) is 0 Å². The number of carbonyl (C=O) groups excluding carboxylic acids is 1. The summed E-state index contributed by atoms with van der Waals surface area (Å²) in [5, 5.41) is 3.22. The van der Waals surface area contributed by atoms with Gasteiger partial charge in [-0.2, -0.15) is 0 Å². The average molecular weight is 753 g/mol. The summed E-state index contributed by atoms with van der Waals surface area (Å²) in [6.45, 7) is 3.82. The number of hydrogen-bond acceptors (Lipinski definition) is 8. The summed E-state index contributed by atoms with van der Waals surface area (Å²) in [6, 6.07) is 23.4. The first kappa shape index (κ1) is 34.1. The van der Waals surface area contributed by atoms with E-state index in [9.17, 15) is 9.59 Å². The lowest BCUT2D eigenvalue weighted by atomic mass is 10.1. The lowest BCUT2D eigenvalue weighted by Crippen LogP contribution is -2.31. The Balaban J connectivity index is 1.08. The van der Waals surface area contributed by atoms with Crippen LogP contribution in [0.1, 0.15) is 36.2 Å². The number of likely N-dealkylation sites (tertiary alicyclic amines) is 1. The van der Waals surface area contributed by atoms with E-state index < -0.39 is 17.3 Å². The Hall–Kier alpha value is -5.33. The van der Waals surface area contributed by atoms with Crippen LogP contribution in [0.25, 0.3) is 27.6 Å². The number of piperidine rings is 1. The standard InChI is InChI=1S/C39H35BrFN5O5/c1-49-35-23-28-31(24-36(35)50-21-7-20-45-18-5-2-6-19-45)42-17-16-33(28)51-34-15-12-26(22-29(34)41)43-38(47)37-39(48)46(27-13-10-25(40)11-14-27)32-9-4-3-8-30(32)44-37/h3-4,8-17,22-24H,2,5-7,18-21H2,1H3,(H,43,47). The highest BCUT2D eigenvalue weighted by molar-refractivity contribution is 9.10. The van der Waals surface area contributed by atoms with E-state index in [2.05, 4.69) is 36.1 Å². The van der Waals surface area contributed by atoms with Gasteiger partial charge >= 0.3 is 0 Å². The number of amides is 1. The molecule has 1 amide bonds. The molecule has 2 aromatic heterocycles. The molecule has 1 aliphatic rings. The van der Waals surface area contributed by atoms with Gasteiger partial charge < -0.3 is 24.4 Å². The zero-order chi connectivity index (χ0) is 35.3. The van der Waals surface area contributed by atoms with Crippen LogP contribution < -0.4 is 25.1 Å². The van der Waals surface area contributed by atoms with Crippen LogP contribution in [0.4, 0.5) is 10.1 Å². The molecule has 1 saturated heterocycles. The summed E-state index contributed by atoms with van der Waals surface area (Å²) in [4.78, 5) is 38.4. The third-order valence-electron chi connectivity index (χ3n) is 8.78. The Kier molecular flexibility index (Phi) is 10.2. The number of carbonyl (C=O) groups is 1. The van der Waals surface area contributed by atoms with Crippen molar-refractivity contribution < 1.29 is 23.4 Å². The summed E-state index contributed by atoms with van der Waals surface area (Å²) in [5.74, 6) is -0.126. The van der Waals surface area contributed by atoms with Crippen LogP contribution in [-0.2, 0) is 0 Å². The van der Waals surface area contributed by atoms with E-state index in [1.165, 1.54) is 36.0 Å². The summed E-state index contributed by atoms with van der Waals surface area (Å²) in [7, 11) is 1.56. The minimum absolute atomic E-state index is 0.0704.